The van der Waals surface area contributed by atoms with Crippen molar-refractivity contribution in [3.8, 4) is 52.7 Å². The number of hydrogen-bond acceptors (Lipinski definition) is 6. The Labute approximate surface area is 215 Å². The van der Waals surface area contributed by atoms with Crippen molar-refractivity contribution >= 4 is 0 Å². The highest BCUT2D eigenvalue weighted by Gasteiger charge is 2.17. The number of halogens is 6. The lowest BCUT2D eigenvalue weighted by Crippen LogP contribution is -1.96. The summed E-state index contributed by atoms with van der Waals surface area (Å²) in [6.45, 7) is 0. The smallest absolute Gasteiger partial charge is 0.147 e. The topological polar surface area (TPSA) is 99.1 Å². The van der Waals surface area contributed by atoms with Crippen LogP contribution in [0.25, 0.3) is 0 Å². The van der Waals surface area contributed by atoms with Crippen LogP contribution in [0.5, 0.6) is 34.5 Å². The van der Waals surface area contributed by atoms with Gasteiger partial charge in [0.1, 0.15) is 104 Å². The fourth-order valence-corrected chi connectivity index (χ4v) is 3.28. The Balaban J connectivity index is 1.75. The number of rotatable bonds is 6. The van der Waals surface area contributed by atoms with Gasteiger partial charge in [-0.15, -0.1) is 0 Å². The Bertz CT molecular complexity index is 1470. The van der Waals surface area contributed by atoms with Gasteiger partial charge in [-0.1, -0.05) is 0 Å². The third-order valence-corrected chi connectivity index (χ3v) is 4.94. The van der Waals surface area contributed by atoms with Gasteiger partial charge in [0.05, 0.1) is 0 Å². The Morgan fingerprint density at radius 1 is 0.359 bits per heavy atom. The first-order chi connectivity index (χ1) is 18.6. The van der Waals surface area contributed by atoms with Crippen molar-refractivity contribution in [3.05, 3.63) is 106 Å². The molecule has 39 heavy (non-hydrogen) atoms. The molecular weight excluding hydrogens is 528 g/mol. The van der Waals surface area contributed by atoms with Crippen molar-refractivity contribution < 1.29 is 40.6 Å². The second-order valence-corrected chi connectivity index (χ2v) is 7.57. The van der Waals surface area contributed by atoms with E-state index in [1.165, 1.54) is 18.2 Å². The zero-order chi connectivity index (χ0) is 28.3. The Kier molecular flexibility index (Phi) is 7.28. The zero-order valence-electron chi connectivity index (χ0n) is 19.0. The monoisotopic (exact) mass is 537 g/mol. The van der Waals surface area contributed by atoms with Gasteiger partial charge >= 0.3 is 0 Å². The summed E-state index contributed by atoms with van der Waals surface area (Å²) in [6.07, 6.45) is 0. The van der Waals surface area contributed by atoms with E-state index in [9.17, 15) is 26.3 Å². The average Bonchev–Trinajstić information content (AvgIpc) is 2.83. The molecular formula is C27H9F6N3O3. The summed E-state index contributed by atoms with van der Waals surface area (Å²) in [6, 6.07) is 11.7. The predicted molar refractivity (Wildman–Crippen MR) is 120 cm³/mol. The fraction of sp³-hybridized carbons (Fsp3) is 0. The van der Waals surface area contributed by atoms with Gasteiger partial charge in [0.25, 0.3) is 0 Å². The first-order valence-corrected chi connectivity index (χ1v) is 10.5. The third-order valence-electron chi connectivity index (χ3n) is 4.94. The molecule has 0 amide bonds. The van der Waals surface area contributed by atoms with Crippen LogP contribution in [0, 0.1) is 68.9 Å². The molecule has 0 unspecified atom stereocenters. The van der Waals surface area contributed by atoms with Crippen LogP contribution in [-0.4, -0.2) is 0 Å². The van der Waals surface area contributed by atoms with Crippen LogP contribution in [-0.2, 0) is 0 Å². The SMILES string of the molecule is N#Cc1c(F)cc(Oc2cc(Oc3cc(F)c(C#N)c(F)c3)cc(Oc3cc(F)c(C#N)c(F)c3)c2)cc1F. The number of hydrogen-bond donors (Lipinski definition) is 0. The maximum Gasteiger partial charge on any atom is 0.147 e. The maximum absolute atomic E-state index is 14.0. The average molecular weight is 537 g/mol. The normalized spacial score (nSPS) is 10.2. The van der Waals surface area contributed by atoms with Gasteiger partial charge in [0, 0.05) is 54.6 Å². The van der Waals surface area contributed by atoms with Gasteiger partial charge < -0.3 is 14.2 Å². The van der Waals surface area contributed by atoms with Gasteiger partial charge in [-0.25, -0.2) is 26.3 Å². The van der Waals surface area contributed by atoms with Crippen molar-refractivity contribution in [2.45, 2.75) is 0 Å². The minimum atomic E-state index is -1.22. The number of nitrogens with zero attached hydrogens (tertiary/aromatic N) is 3. The van der Waals surface area contributed by atoms with Crippen LogP contribution in [0.2, 0.25) is 0 Å². The van der Waals surface area contributed by atoms with Gasteiger partial charge in [-0.3, -0.25) is 0 Å². The third kappa shape index (κ3) is 5.68. The van der Waals surface area contributed by atoms with E-state index in [-0.39, 0.29) is 17.2 Å². The molecule has 0 spiro atoms. The molecule has 0 aliphatic carbocycles. The molecule has 0 aliphatic heterocycles. The molecule has 0 saturated heterocycles. The van der Waals surface area contributed by atoms with Gasteiger partial charge in [0.2, 0.25) is 0 Å². The van der Waals surface area contributed by atoms with Crippen molar-refractivity contribution in [1.82, 2.24) is 0 Å². The van der Waals surface area contributed by atoms with Crippen molar-refractivity contribution in [1.29, 1.82) is 15.8 Å². The van der Waals surface area contributed by atoms with E-state index in [0.717, 1.165) is 18.2 Å². The predicted octanol–water partition coefficient (Wildman–Crippen LogP) is 7.51. The molecule has 6 nitrogen and oxygen atoms in total. The van der Waals surface area contributed by atoms with E-state index < -0.39 is 68.8 Å². The highest BCUT2D eigenvalue weighted by atomic mass is 19.2. The number of nitriles is 3. The van der Waals surface area contributed by atoms with Crippen LogP contribution in [0.15, 0.2) is 54.6 Å². The van der Waals surface area contributed by atoms with Gasteiger partial charge in [-0.2, -0.15) is 15.8 Å². The summed E-state index contributed by atoms with van der Waals surface area (Å²) < 4.78 is 101. The molecule has 0 aromatic heterocycles. The first kappa shape index (κ1) is 26.4. The van der Waals surface area contributed by atoms with Crippen LogP contribution in [0.4, 0.5) is 26.3 Å². The second-order valence-electron chi connectivity index (χ2n) is 7.57. The lowest BCUT2D eigenvalue weighted by atomic mass is 10.2. The molecule has 4 rings (SSSR count). The summed E-state index contributed by atoms with van der Waals surface area (Å²) in [5.41, 5.74) is -2.55. The number of benzene rings is 4. The highest BCUT2D eigenvalue weighted by molar-refractivity contribution is 5.49. The molecule has 0 bridgehead atoms. The van der Waals surface area contributed by atoms with Gasteiger partial charge in [-0.05, 0) is 0 Å². The fourth-order valence-electron chi connectivity index (χ4n) is 3.28. The zero-order valence-corrected chi connectivity index (χ0v) is 19.0. The van der Waals surface area contributed by atoms with Gasteiger partial charge in [0.15, 0.2) is 0 Å². The molecule has 12 heteroatoms. The van der Waals surface area contributed by atoms with E-state index in [1.807, 2.05) is 0 Å². The van der Waals surface area contributed by atoms with Crippen LogP contribution in [0.1, 0.15) is 16.7 Å². The molecule has 4 aromatic carbocycles. The van der Waals surface area contributed by atoms with E-state index in [1.54, 1.807) is 0 Å². The highest BCUT2D eigenvalue weighted by Crippen LogP contribution is 2.37. The maximum atomic E-state index is 14.0. The minimum Gasteiger partial charge on any atom is -0.457 e. The summed E-state index contributed by atoms with van der Waals surface area (Å²) in [5.74, 6) is -9.21. The summed E-state index contributed by atoms with van der Waals surface area (Å²) >= 11 is 0. The largest absolute Gasteiger partial charge is 0.457 e. The Hall–Kier alpha value is -5.67. The summed E-state index contributed by atoms with van der Waals surface area (Å²) in [7, 11) is 0. The van der Waals surface area contributed by atoms with E-state index in [0.29, 0.717) is 36.4 Å². The standard InChI is InChI=1S/C27H9F6N3O3/c28-22-4-16(5-23(29)19(22)10-34)37-13-1-14(38-17-6-24(30)20(11-35)25(31)7-17)3-15(2-13)39-18-8-26(32)21(12-36)27(33)9-18/h1-9H. The van der Waals surface area contributed by atoms with Crippen molar-refractivity contribution in [2.75, 3.05) is 0 Å². The molecule has 0 radical (unpaired) electrons. The Morgan fingerprint density at radius 3 is 0.718 bits per heavy atom. The molecule has 0 aliphatic rings. The van der Waals surface area contributed by atoms with E-state index >= 15 is 0 Å². The van der Waals surface area contributed by atoms with Crippen molar-refractivity contribution in [2.24, 2.45) is 0 Å². The van der Waals surface area contributed by atoms with Crippen molar-refractivity contribution in [3.63, 3.8) is 0 Å². The lowest BCUT2D eigenvalue weighted by molar-refractivity contribution is 0.430. The minimum absolute atomic E-state index is 0.227. The summed E-state index contributed by atoms with van der Waals surface area (Å²) in [5, 5.41) is 26.5. The number of ether oxygens (including phenoxy) is 3. The quantitative estimate of drug-likeness (QED) is 0.236. The molecule has 0 saturated carbocycles. The Morgan fingerprint density at radius 2 is 0.538 bits per heavy atom. The summed E-state index contributed by atoms with van der Waals surface area (Å²) in [4.78, 5) is 0. The van der Waals surface area contributed by atoms with E-state index in [2.05, 4.69) is 0 Å². The molecule has 4 aromatic rings. The van der Waals surface area contributed by atoms with Crippen LogP contribution >= 0.6 is 0 Å². The molecule has 192 valence electrons. The lowest BCUT2D eigenvalue weighted by Gasteiger charge is -2.14. The second kappa shape index (κ2) is 10.8. The first-order valence-electron chi connectivity index (χ1n) is 10.5. The van der Waals surface area contributed by atoms with Crippen LogP contribution < -0.4 is 14.2 Å². The molecule has 0 atom stereocenters. The van der Waals surface area contributed by atoms with Crippen LogP contribution in [0.3, 0.4) is 0 Å². The van der Waals surface area contributed by atoms with E-state index in [4.69, 9.17) is 30.0 Å². The molecule has 0 N–H and O–H groups in total. The molecule has 0 heterocycles. The molecule has 0 fully saturated rings.